The van der Waals surface area contributed by atoms with E-state index in [1.807, 2.05) is 12.1 Å². The number of aromatic amines is 1. The maximum atomic E-state index is 13.2. The molecular formula is C26H37N5O3. The first kappa shape index (κ1) is 24.3. The Kier molecular flexibility index (Phi) is 8.57. The number of carbonyl (C=O) groups is 2. The van der Waals surface area contributed by atoms with E-state index in [2.05, 4.69) is 37.6 Å². The molecule has 2 amide bonds. The van der Waals surface area contributed by atoms with Gasteiger partial charge in [0.15, 0.2) is 0 Å². The van der Waals surface area contributed by atoms with Gasteiger partial charge in [-0.2, -0.15) is 0 Å². The van der Waals surface area contributed by atoms with E-state index in [-0.39, 0.29) is 29.7 Å². The molecule has 0 spiro atoms. The predicted molar refractivity (Wildman–Crippen MR) is 130 cm³/mol. The Morgan fingerprint density at radius 2 is 2.12 bits per heavy atom. The summed E-state index contributed by atoms with van der Waals surface area (Å²) < 4.78 is 5.42. The van der Waals surface area contributed by atoms with Gasteiger partial charge in [-0.05, 0) is 49.9 Å². The van der Waals surface area contributed by atoms with Gasteiger partial charge in [-0.25, -0.2) is 4.98 Å². The van der Waals surface area contributed by atoms with E-state index < -0.39 is 0 Å². The molecule has 34 heavy (non-hydrogen) atoms. The van der Waals surface area contributed by atoms with Gasteiger partial charge in [-0.15, -0.1) is 0 Å². The third-order valence-corrected chi connectivity index (χ3v) is 7.15. The van der Waals surface area contributed by atoms with Crippen molar-refractivity contribution in [1.82, 2.24) is 25.5 Å². The zero-order valence-corrected chi connectivity index (χ0v) is 20.1. The molecule has 2 fully saturated rings. The monoisotopic (exact) mass is 467 g/mol. The third kappa shape index (κ3) is 6.38. The fourth-order valence-electron chi connectivity index (χ4n) is 5.30. The van der Waals surface area contributed by atoms with Crippen molar-refractivity contribution in [3.8, 4) is 5.75 Å². The molecule has 2 aliphatic rings. The van der Waals surface area contributed by atoms with E-state index >= 15 is 0 Å². The van der Waals surface area contributed by atoms with E-state index in [0.29, 0.717) is 25.8 Å². The van der Waals surface area contributed by atoms with E-state index in [1.165, 1.54) is 5.56 Å². The standard InChI is InChI=1S/C26H37N5O3/c1-34-22-8-6-7-19(13-22)17-31-12-5-3-2-4-10-28-26(33)23-14-20(15-24(23)31)25(32)29-11-9-21-16-27-18-30-21/h6-8,13,16,18,20,23-24H,2-5,9-12,14-15,17H2,1H3,(H,27,30)(H,28,33)(H,29,32). The first-order valence-corrected chi connectivity index (χ1v) is 12.5. The van der Waals surface area contributed by atoms with Crippen LogP contribution in [0, 0.1) is 11.8 Å². The number of ether oxygens (including phenoxy) is 1. The van der Waals surface area contributed by atoms with E-state index in [1.54, 1.807) is 19.6 Å². The van der Waals surface area contributed by atoms with Crippen LogP contribution in [-0.4, -0.2) is 59.5 Å². The van der Waals surface area contributed by atoms with Gasteiger partial charge < -0.3 is 20.4 Å². The molecular weight excluding hydrogens is 430 g/mol. The largest absolute Gasteiger partial charge is 0.497 e. The number of carbonyl (C=O) groups excluding carboxylic acids is 2. The van der Waals surface area contributed by atoms with Crippen molar-refractivity contribution in [2.75, 3.05) is 26.7 Å². The van der Waals surface area contributed by atoms with E-state index in [0.717, 1.165) is 56.8 Å². The van der Waals surface area contributed by atoms with Gasteiger partial charge in [0, 0.05) is 49.9 Å². The van der Waals surface area contributed by atoms with Crippen molar-refractivity contribution in [3.63, 3.8) is 0 Å². The highest BCUT2D eigenvalue weighted by Gasteiger charge is 2.44. The lowest BCUT2D eigenvalue weighted by Gasteiger charge is -2.32. The zero-order valence-electron chi connectivity index (χ0n) is 20.1. The summed E-state index contributed by atoms with van der Waals surface area (Å²) >= 11 is 0. The minimum Gasteiger partial charge on any atom is -0.497 e. The van der Waals surface area contributed by atoms with Crippen LogP contribution in [-0.2, 0) is 22.6 Å². The van der Waals surface area contributed by atoms with Crippen molar-refractivity contribution < 1.29 is 14.3 Å². The number of hydrogen-bond acceptors (Lipinski definition) is 5. The number of H-pyrrole nitrogens is 1. The second kappa shape index (κ2) is 12.0. The average molecular weight is 468 g/mol. The summed E-state index contributed by atoms with van der Waals surface area (Å²) in [5.74, 6) is 0.652. The van der Waals surface area contributed by atoms with Gasteiger partial charge >= 0.3 is 0 Å². The van der Waals surface area contributed by atoms with Crippen LogP contribution in [0.5, 0.6) is 5.75 Å². The van der Waals surface area contributed by atoms with Gasteiger partial charge in [-0.1, -0.05) is 25.0 Å². The number of nitrogens with zero attached hydrogens (tertiary/aromatic N) is 2. The normalized spacial score (nSPS) is 24.0. The van der Waals surface area contributed by atoms with Crippen molar-refractivity contribution >= 4 is 11.8 Å². The van der Waals surface area contributed by atoms with Crippen LogP contribution < -0.4 is 15.4 Å². The van der Waals surface area contributed by atoms with Gasteiger partial charge in [-0.3, -0.25) is 14.5 Å². The molecule has 1 aliphatic carbocycles. The summed E-state index contributed by atoms with van der Waals surface area (Å²) in [6.07, 6.45) is 9.83. The molecule has 2 heterocycles. The van der Waals surface area contributed by atoms with E-state index in [9.17, 15) is 9.59 Å². The van der Waals surface area contributed by atoms with Gasteiger partial charge in [0.25, 0.3) is 0 Å². The Morgan fingerprint density at radius 3 is 2.94 bits per heavy atom. The molecule has 3 unspecified atom stereocenters. The number of methoxy groups -OCH3 is 1. The highest BCUT2D eigenvalue weighted by Crippen LogP contribution is 2.36. The van der Waals surface area contributed by atoms with Crippen LogP contribution in [0.3, 0.4) is 0 Å². The molecule has 1 aliphatic heterocycles. The number of aromatic nitrogens is 2. The highest BCUT2D eigenvalue weighted by atomic mass is 16.5. The Balaban J connectivity index is 1.47. The fraction of sp³-hybridized carbons (Fsp3) is 0.577. The highest BCUT2D eigenvalue weighted by molar-refractivity contribution is 5.84. The lowest BCUT2D eigenvalue weighted by molar-refractivity contribution is -0.126. The van der Waals surface area contributed by atoms with Crippen molar-refractivity contribution in [1.29, 1.82) is 0 Å². The minimum atomic E-state index is -0.174. The van der Waals surface area contributed by atoms with Crippen LogP contribution in [0.1, 0.15) is 49.8 Å². The summed E-state index contributed by atoms with van der Waals surface area (Å²) in [6, 6.07) is 8.18. The zero-order chi connectivity index (χ0) is 23.8. The predicted octanol–water partition coefficient (Wildman–Crippen LogP) is 2.66. The SMILES string of the molecule is COc1cccc(CN2CCCCCCNC(=O)C3CC(C(=O)NCCc4cnc[nH]4)CC32)c1. The number of fused-ring (bicyclic) bond motifs is 1. The third-order valence-electron chi connectivity index (χ3n) is 7.15. The minimum absolute atomic E-state index is 0.0488. The number of hydrogen-bond donors (Lipinski definition) is 3. The Bertz CT molecular complexity index is 932. The molecule has 2 aromatic rings. The number of rotatable bonds is 7. The van der Waals surface area contributed by atoms with Gasteiger partial charge in [0.1, 0.15) is 5.75 Å². The molecule has 0 bridgehead atoms. The maximum Gasteiger partial charge on any atom is 0.224 e. The molecule has 1 saturated carbocycles. The molecule has 1 aromatic heterocycles. The molecule has 8 heteroatoms. The quantitative estimate of drug-likeness (QED) is 0.581. The molecule has 1 saturated heterocycles. The first-order chi connectivity index (χ1) is 16.6. The molecule has 0 radical (unpaired) electrons. The number of imidazole rings is 1. The van der Waals surface area contributed by atoms with Crippen LogP contribution in [0.25, 0.3) is 0 Å². The average Bonchev–Trinajstić information content (AvgIpc) is 3.52. The smallest absolute Gasteiger partial charge is 0.224 e. The Labute approximate surface area is 201 Å². The van der Waals surface area contributed by atoms with E-state index in [4.69, 9.17) is 4.74 Å². The number of amides is 2. The van der Waals surface area contributed by atoms with Crippen LogP contribution >= 0.6 is 0 Å². The van der Waals surface area contributed by atoms with Gasteiger partial charge in [0.05, 0.1) is 19.4 Å². The fourth-order valence-corrected chi connectivity index (χ4v) is 5.30. The van der Waals surface area contributed by atoms with Crippen LogP contribution in [0.15, 0.2) is 36.8 Å². The summed E-state index contributed by atoms with van der Waals surface area (Å²) in [5, 5.41) is 6.23. The lowest BCUT2D eigenvalue weighted by atomic mass is 9.99. The van der Waals surface area contributed by atoms with Crippen molar-refractivity contribution in [3.05, 3.63) is 48.0 Å². The molecule has 3 atom stereocenters. The van der Waals surface area contributed by atoms with Crippen LogP contribution in [0.4, 0.5) is 0 Å². The van der Waals surface area contributed by atoms with Gasteiger partial charge in [0.2, 0.25) is 11.8 Å². The lowest BCUT2D eigenvalue weighted by Crippen LogP contribution is -2.44. The molecule has 1 aromatic carbocycles. The first-order valence-electron chi connectivity index (χ1n) is 12.5. The van der Waals surface area contributed by atoms with Crippen LogP contribution in [0.2, 0.25) is 0 Å². The summed E-state index contributed by atoms with van der Waals surface area (Å²) in [6.45, 7) is 2.96. The number of benzene rings is 1. The second-order valence-electron chi connectivity index (χ2n) is 9.49. The Hall–Kier alpha value is -2.87. The maximum absolute atomic E-state index is 13.2. The second-order valence-corrected chi connectivity index (χ2v) is 9.49. The molecule has 3 N–H and O–H groups in total. The molecule has 8 nitrogen and oxygen atoms in total. The number of nitrogens with one attached hydrogen (secondary N) is 3. The molecule has 4 rings (SSSR count). The van der Waals surface area contributed by atoms with Crippen molar-refractivity contribution in [2.45, 2.75) is 57.5 Å². The Morgan fingerprint density at radius 1 is 1.24 bits per heavy atom. The summed E-state index contributed by atoms with van der Waals surface area (Å²) in [4.78, 5) is 35.7. The topological polar surface area (TPSA) is 99.3 Å². The summed E-state index contributed by atoms with van der Waals surface area (Å²) in [5.41, 5.74) is 2.17. The molecule has 184 valence electrons. The van der Waals surface area contributed by atoms with Crippen molar-refractivity contribution in [2.24, 2.45) is 11.8 Å². The summed E-state index contributed by atoms with van der Waals surface area (Å²) in [7, 11) is 1.68.